The number of rotatable bonds is 7. The number of furan rings is 1. The highest BCUT2D eigenvalue weighted by atomic mass is 16.3. The summed E-state index contributed by atoms with van der Waals surface area (Å²) in [7, 11) is 0. The van der Waals surface area contributed by atoms with Gasteiger partial charge in [-0.3, -0.25) is 0 Å². The summed E-state index contributed by atoms with van der Waals surface area (Å²) < 4.78 is 5.41. The first-order chi connectivity index (χ1) is 8.40. The lowest BCUT2D eigenvalue weighted by Crippen LogP contribution is -2.21. The number of H-pyrrole nitrogens is 1. The van der Waals surface area contributed by atoms with Gasteiger partial charge in [0.15, 0.2) is 0 Å². The minimum absolute atomic E-state index is 0.321. The van der Waals surface area contributed by atoms with E-state index in [-0.39, 0.29) is 0 Å². The lowest BCUT2D eigenvalue weighted by Gasteiger charge is -2.13. The molecule has 0 aliphatic heterocycles. The third kappa shape index (κ3) is 3.46. The van der Waals surface area contributed by atoms with Gasteiger partial charge in [-0.05, 0) is 31.5 Å². The summed E-state index contributed by atoms with van der Waals surface area (Å²) in [6, 6.07) is 4.28. The average Bonchev–Trinajstić information content (AvgIpc) is 3.01. The first-order valence-electron chi connectivity index (χ1n) is 6.15. The van der Waals surface area contributed by atoms with Crippen LogP contribution in [0.4, 0.5) is 0 Å². The Morgan fingerprint density at radius 1 is 1.53 bits per heavy atom. The smallest absolute Gasteiger partial charge is 0.120 e. The van der Waals surface area contributed by atoms with Crippen LogP contribution in [0, 0.1) is 0 Å². The molecular weight excluding hydrogens is 214 g/mol. The molecule has 17 heavy (non-hydrogen) atoms. The molecule has 0 bridgehead atoms. The van der Waals surface area contributed by atoms with E-state index in [1.54, 1.807) is 12.5 Å². The Hall–Kier alpha value is -1.55. The highest BCUT2D eigenvalue weighted by Gasteiger charge is 2.10. The maximum Gasteiger partial charge on any atom is 0.120 e. The summed E-state index contributed by atoms with van der Waals surface area (Å²) in [6.45, 7) is 3.13. The summed E-state index contributed by atoms with van der Waals surface area (Å²) in [5.41, 5.74) is 0. The molecule has 0 amide bonds. The van der Waals surface area contributed by atoms with E-state index in [1.807, 2.05) is 18.3 Å². The number of nitrogens with one attached hydrogen (secondary N) is 2. The van der Waals surface area contributed by atoms with E-state index in [1.165, 1.54) is 0 Å². The van der Waals surface area contributed by atoms with Gasteiger partial charge >= 0.3 is 0 Å². The Bertz CT molecular complexity index is 394. The van der Waals surface area contributed by atoms with E-state index in [4.69, 9.17) is 4.42 Å². The SMILES string of the molecule is CCC(NCCCc1ncc[nH]1)c1ccco1. The molecule has 2 aromatic heterocycles. The summed E-state index contributed by atoms with van der Waals surface area (Å²) in [4.78, 5) is 7.31. The Kier molecular flexibility index (Phi) is 4.38. The van der Waals surface area contributed by atoms with Crippen molar-refractivity contribution in [3.05, 3.63) is 42.4 Å². The Morgan fingerprint density at radius 2 is 2.47 bits per heavy atom. The fourth-order valence-electron chi connectivity index (χ4n) is 1.90. The number of hydrogen-bond donors (Lipinski definition) is 2. The van der Waals surface area contributed by atoms with Crippen LogP contribution in [0.5, 0.6) is 0 Å². The zero-order valence-electron chi connectivity index (χ0n) is 10.1. The van der Waals surface area contributed by atoms with Crippen LogP contribution in [0.15, 0.2) is 35.2 Å². The molecule has 0 aliphatic rings. The van der Waals surface area contributed by atoms with Gasteiger partial charge in [0.25, 0.3) is 0 Å². The second-order valence-corrected chi connectivity index (χ2v) is 4.07. The molecule has 2 aromatic rings. The van der Waals surface area contributed by atoms with Crippen molar-refractivity contribution in [1.29, 1.82) is 0 Å². The summed E-state index contributed by atoms with van der Waals surface area (Å²) >= 11 is 0. The fourth-order valence-corrected chi connectivity index (χ4v) is 1.90. The third-order valence-electron chi connectivity index (χ3n) is 2.83. The zero-order chi connectivity index (χ0) is 11.9. The van der Waals surface area contributed by atoms with Crippen molar-refractivity contribution in [1.82, 2.24) is 15.3 Å². The molecule has 0 fully saturated rings. The number of hydrogen-bond acceptors (Lipinski definition) is 3. The van der Waals surface area contributed by atoms with Crippen molar-refractivity contribution < 1.29 is 4.42 Å². The van der Waals surface area contributed by atoms with Gasteiger partial charge in [0, 0.05) is 18.8 Å². The summed E-state index contributed by atoms with van der Waals surface area (Å²) in [5, 5.41) is 3.50. The molecule has 0 radical (unpaired) electrons. The highest BCUT2D eigenvalue weighted by molar-refractivity contribution is 5.03. The first kappa shape index (κ1) is 11.9. The van der Waals surface area contributed by atoms with Gasteiger partial charge in [0.1, 0.15) is 11.6 Å². The maximum absolute atomic E-state index is 5.41. The molecule has 0 aliphatic carbocycles. The first-order valence-corrected chi connectivity index (χ1v) is 6.15. The average molecular weight is 233 g/mol. The van der Waals surface area contributed by atoms with Crippen molar-refractivity contribution in [3.63, 3.8) is 0 Å². The molecule has 2 heterocycles. The van der Waals surface area contributed by atoms with Gasteiger partial charge in [-0.1, -0.05) is 6.92 Å². The Balaban J connectivity index is 1.70. The van der Waals surface area contributed by atoms with Crippen LogP contribution in [-0.4, -0.2) is 16.5 Å². The molecule has 1 unspecified atom stereocenters. The van der Waals surface area contributed by atoms with Crippen LogP contribution in [0.2, 0.25) is 0 Å². The predicted octanol–water partition coefficient (Wildman–Crippen LogP) is 2.68. The molecule has 1 atom stereocenters. The van der Waals surface area contributed by atoms with E-state index < -0.39 is 0 Å². The second-order valence-electron chi connectivity index (χ2n) is 4.07. The number of aromatic nitrogens is 2. The number of aromatic amines is 1. The minimum atomic E-state index is 0.321. The maximum atomic E-state index is 5.41. The Morgan fingerprint density at radius 3 is 3.12 bits per heavy atom. The van der Waals surface area contributed by atoms with Crippen LogP contribution in [0.3, 0.4) is 0 Å². The molecule has 2 N–H and O–H groups in total. The topological polar surface area (TPSA) is 53.9 Å². The van der Waals surface area contributed by atoms with Gasteiger partial charge in [-0.2, -0.15) is 0 Å². The molecule has 0 saturated carbocycles. The van der Waals surface area contributed by atoms with Gasteiger partial charge in [0.2, 0.25) is 0 Å². The molecular formula is C13H19N3O. The molecule has 4 nitrogen and oxygen atoms in total. The quantitative estimate of drug-likeness (QED) is 0.723. The largest absolute Gasteiger partial charge is 0.468 e. The molecule has 0 saturated heterocycles. The van der Waals surface area contributed by atoms with Crippen molar-refractivity contribution in [3.8, 4) is 0 Å². The van der Waals surface area contributed by atoms with Crippen LogP contribution < -0.4 is 5.32 Å². The molecule has 92 valence electrons. The molecule has 0 spiro atoms. The molecule has 0 aromatic carbocycles. The fraction of sp³-hybridized carbons (Fsp3) is 0.462. The van der Waals surface area contributed by atoms with Crippen molar-refractivity contribution in [2.45, 2.75) is 32.2 Å². The number of nitrogens with zero attached hydrogens (tertiary/aromatic N) is 1. The molecule has 4 heteroatoms. The lowest BCUT2D eigenvalue weighted by atomic mass is 10.1. The molecule has 2 rings (SSSR count). The van der Waals surface area contributed by atoms with E-state index in [9.17, 15) is 0 Å². The number of imidazole rings is 1. The van der Waals surface area contributed by atoms with Crippen molar-refractivity contribution >= 4 is 0 Å². The Labute approximate surface area is 101 Å². The van der Waals surface area contributed by atoms with E-state index in [0.717, 1.165) is 37.4 Å². The van der Waals surface area contributed by atoms with E-state index >= 15 is 0 Å². The standard InChI is InChI=1S/C13H19N3O/c1-2-11(12-5-4-10-17-12)14-7-3-6-13-15-8-9-16-13/h4-5,8-11,14H,2-3,6-7H2,1H3,(H,15,16). The van der Waals surface area contributed by atoms with Crippen LogP contribution in [0.25, 0.3) is 0 Å². The monoisotopic (exact) mass is 233 g/mol. The van der Waals surface area contributed by atoms with Gasteiger partial charge in [0.05, 0.1) is 12.3 Å². The van der Waals surface area contributed by atoms with Gasteiger partial charge < -0.3 is 14.7 Å². The van der Waals surface area contributed by atoms with Gasteiger partial charge in [-0.25, -0.2) is 4.98 Å². The lowest BCUT2D eigenvalue weighted by molar-refractivity contribution is 0.402. The van der Waals surface area contributed by atoms with Crippen LogP contribution >= 0.6 is 0 Å². The van der Waals surface area contributed by atoms with E-state index in [0.29, 0.717) is 6.04 Å². The normalized spacial score (nSPS) is 12.8. The van der Waals surface area contributed by atoms with E-state index in [2.05, 4.69) is 22.2 Å². The summed E-state index contributed by atoms with van der Waals surface area (Å²) in [6.07, 6.45) is 8.47. The zero-order valence-corrected chi connectivity index (χ0v) is 10.1. The van der Waals surface area contributed by atoms with Crippen LogP contribution in [0.1, 0.15) is 37.4 Å². The summed E-state index contributed by atoms with van der Waals surface area (Å²) in [5.74, 6) is 2.07. The van der Waals surface area contributed by atoms with Crippen LogP contribution in [-0.2, 0) is 6.42 Å². The van der Waals surface area contributed by atoms with Crippen molar-refractivity contribution in [2.24, 2.45) is 0 Å². The van der Waals surface area contributed by atoms with Gasteiger partial charge in [-0.15, -0.1) is 0 Å². The number of aryl methyl sites for hydroxylation is 1. The van der Waals surface area contributed by atoms with Crippen molar-refractivity contribution in [2.75, 3.05) is 6.54 Å². The highest BCUT2D eigenvalue weighted by Crippen LogP contribution is 2.16. The second kappa shape index (κ2) is 6.25. The predicted molar refractivity (Wildman–Crippen MR) is 66.7 cm³/mol. The minimum Gasteiger partial charge on any atom is -0.468 e. The third-order valence-corrected chi connectivity index (χ3v) is 2.83.